The molecule has 0 heterocycles. The number of hydrogen-bond acceptors (Lipinski definition) is 3. The van der Waals surface area contributed by atoms with Gasteiger partial charge in [0.25, 0.3) is 0 Å². The van der Waals surface area contributed by atoms with Crippen LogP contribution in [-0.4, -0.2) is 38.3 Å². The Morgan fingerprint density at radius 2 is 2.10 bits per heavy atom. The Labute approximate surface area is 125 Å². The normalized spacial score (nSPS) is 13.2. The predicted octanol–water partition coefficient (Wildman–Crippen LogP) is 1.88. The number of nitrogens with one attached hydrogen (secondary N) is 1. The molecular weight excluding hydrogens is 300 g/mol. The number of nitrogens with zero attached hydrogens (tertiary/aromatic N) is 1. The van der Waals surface area contributed by atoms with Crippen molar-refractivity contribution in [3.63, 3.8) is 0 Å². The smallest absolute Gasteiger partial charge is 0.243 e. The maximum absolute atomic E-state index is 12.3. The second kappa shape index (κ2) is 7.06. The van der Waals surface area contributed by atoms with Crippen molar-refractivity contribution in [1.82, 2.24) is 9.62 Å². The summed E-state index contributed by atoms with van der Waals surface area (Å²) in [4.78, 5) is 11.8. The van der Waals surface area contributed by atoms with Crippen LogP contribution in [0.2, 0.25) is 5.02 Å². The number of carbonyl (C=O) groups is 1. The van der Waals surface area contributed by atoms with Crippen molar-refractivity contribution in [2.75, 3.05) is 13.6 Å². The lowest BCUT2D eigenvalue weighted by Gasteiger charge is -2.18. The van der Waals surface area contributed by atoms with Crippen LogP contribution in [0.1, 0.15) is 20.3 Å². The molecule has 0 aliphatic rings. The van der Waals surface area contributed by atoms with Crippen LogP contribution >= 0.6 is 11.6 Å². The minimum absolute atomic E-state index is 0.0183. The summed E-state index contributed by atoms with van der Waals surface area (Å²) in [5, 5.41) is 3.06. The van der Waals surface area contributed by atoms with Gasteiger partial charge in [0.2, 0.25) is 15.9 Å². The molecule has 0 radical (unpaired) electrons. The van der Waals surface area contributed by atoms with Crippen LogP contribution in [0.4, 0.5) is 0 Å². The van der Waals surface area contributed by atoms with E-state index in [-0.39, 0.29) is 23.4 Å². The molecule has 1 aromatic carbocycles. The molecule has 0 bridgehead atoms. The second-order valence-corrected chi connectivity index (χ2v) is 7.08. The summed E-state index contributed by atoms with van der Waals surface area (Å²) < 4.78 is 25.5. The fourth-order valence-corrected chi connectivity index (χ4v) is 2.95. The van der Waals surface area contributed by atoms with Gasteiger partial charge in [-0.1, -0.05) is 24.6 Å². The van der Waals surface area contributed by atoms with Gasteiger partial charge in [0.05, 0.1) is 11.4 Å². The molecule has 1 atom stereocenters. The van der Waals surface area contributed by atoms with E-state index < -0.39 is 10.0 Å². The molecule has 0 saturated carbocycles. The Morgan fingerprint density at radius 3 is 2.65 bits per heavy atom. The zero-order valence-corrected chi connectivity index (χ0v) is 13.3. The summed E-state index contributed by atoms with van der Waals surface area (Å²) in [6.45, 7) is 3.58. The molecule has 7 heteroatoms. The lowest BCUT2D eigenvalue weighted by Crippen LogP contribution is -2.41. The van der Waals surface area contributed by atoms with Gasteiger partial charge in [-0.05, 0) is 31.5 Å². The van der Waals surface area contributed by atoms with E-state index in [1.807, 2.05) is 13.8 Å². The van der Waals surface area contributed by atoms with Crippen molar-refractivity contribution in [3.8, 4) is 0 Å². The Bertz CT molecular complexity index is 575. The largest absolute Gasteiger partial charge is 0.353 e. The van der Waals surface area contributed by atoms with Crippen LogP contribution < -0.4 is 5.32 Å². The Balaban J connectivity index is 2.80. The first kappa shape index (κ1) is 16.9. The van der Waals surface area contributed by atoms with E-state index in [0.717, 1.165) is 10.7 Å². The van der Waals surface area contributed by atoms with Gasteiger partial charge >= 0.3 is 0 Å². The molecular formula is C13H19ClN2O3S. The number of benzene rings is 1. The molecule has 0 aliphatic heterocycles. The number of likely N-dealkylation sites (N-methyl/N-ethyl adjacent to an activating group) is 1. The summed E-state index contributed by atoms with van der Waals surface area (Å²) in [6, 6.07) is 5.98. The van der Waals surface area contributed by atoms with Gasteiger partial charge in [0, 0.05) is 18.1 Å². The van der Waals surface area contributed by atoms with Crippen molar-refractivity contribution < 1.29 is 13.2 Å². The first-order valence-electron chi connectivity index (χ1n) is 6.28. The van der Waals surface area contributed by atoms with Gasteiger partial charge in [0.1, 0.15) is 0 Å². The first-order chi connectivity index (χ1) is 9.27. The van der Waals surface area contributed by atoms with E-state index in [1.165, 1.54) is 19.2 Å². The summed E-state index contributed by atoms with van der Waals surface area (Å²) >= 11 is 5.79. The maximum atomic E-state index is 12.3. The molecule has 5 nitrogen and oxygen atoms in total. The van der Waals surface area contributed by atoms with E-state index in [1.54, 1.807) is 12.1 Å². The number of sulfonamides is 1. The fraction of sp³-hybridized carbons (Fsp3) is 0.462. The van der Waals surface area contributed by atoms with Crippen molar-refractivity contribution in [1.29, 1.82) is 0 Å². The molecule has 1 amide bonds. The molecule has 0 spiro atoms. The van der Waals surface area contributed by atoms with Crippen molar-refractivity contribution in [2.45, 2.75) is 31.2 Å². The SMILES string of the molecule is CC[C@H](C)NC(=O)CN(C)S(=O)(=O)c1cccc(Cl)c1. The molecule has 20 heavy (non-hydrogen) atoms. The van der Waals surface area contributed by atoms with Gasteiger partial charge in [-0.25, -0.2) is 8.42 Å². The van der Waals surface area contributed by atoms with Gasteiger partial charge < -0.3 is 5.32 Å². The zero-order valence-electron chi connectivity index (χ0n) is 11.8. The van der Waals surface area contributed by atoms with E-state index >= 15 is 0 Å². The predicted molar refractivity (Wildman–Crippen MR) is 79.2 cm³/mol. The van der Waals surface area contributed by atoms with Gasteiger partial charge in [-0.2, -0.15) is 4.31 Å². The third kappa shape index (κ3) is 4.47. The fourth-order valence-electron chi connectivity index (χ4n) is 1.52. The lowest BCUT2D eigenvalue weighted by molar-refractivity contribution is -0.121. The molecule has 1 aromatic rings. The van der Waals surface area contributed by atoms with Crippen LogP contribution in [0, 0.1) is 0 Å². The van der Waals surface area contributed by atoms with Gasteiger partial charge in [-0.3, -0.25) is 4.79 Å². The lowest BCUT2D eigenvalue weighted by atomic mass is 10.2. The van der Waals surface area contributed by atoms with Crippen molar-refractivity contribution >= 4 is 27.5 Å². The molecule has 1 rings (SSSR count). The highest BCUT2D eigenvalue weighted by atomic mass is 35.5. The number of halogens is 1. The average molecular weight is 319 g/mol. The molecule has 0 aromatic heterocycles. The highest BCUT2D eigenvalue weighted by molar-refractivity contribution is 7.89. The van der Waals surface area contributed by atoms with E-state index in [0.29, 0.717) is 5.02 Å². The number of amides is 1. The van der Waals surface area contributed by atoms with Gasteiger partial charge in [-0.15, -0.1) is 0 Å². The summed E-state index contributed by atoms with van der Waals surface area (Å²) in [6.07, 6.45) is 0.788. The minimum atomic E-state index is -3.71. The standard InChI is InChI=1S/C13H19ClN2O3S/c1-4-10(2)15-13(17)9-16(3)20(18,19)12-7-5-6-11(14)8-12/h5-8,10H,4,9H2,1-3H3,(H,15,17)/t10-/m0/s1. The van der Waals surface area contributed by atoms with E-state index in [2.05, 4.69) is 5.32 Å². The van der Waals surface area contributed by atoms with E-state index in [9.17, 15) is 13.2 Å². The summed E-state index contributed by atoms with van der Waals surface area (Å²) in [5.74, 6) is -0.326. The monoisotopic (exact) mass is 318 g/mol. The topological polar surface area (TPSA) is 66.5 Å². The van der Waals surface area contributed by atoms with Crippen LogP contribution in [0.15, 0.2) is 29.2 Å². The van der Waals surface area contributed by atoms with Crippen molar-refractivity contribution in [2.24, 2.45) is 0 Å². The number of hydrogen-bond donors (Lipinski definition) is 1. The molecule has 0 saturated heterocycles. The summed E-state index contributed by atoms with van der Waals surface area (Å²) in [7, 11) is -2.34. The van der Waals surface area contributed by atoms with Crippen LogP contribution in [0.3, 0.4) is 0 Å². The number of rotatable bonds is 6. The number of carbonyl (C=O) groups excluding carboxylic acids is 1. The molecule has 0 aliphatic carbocycles. The third-order valence-corrected chi connectivity index (χ3v) is 4.92. The molecule has 112 valence electrons. The molecule has 0 unspecified atom stereocenters. The zero-order chi connectivity index (χ0) is 15.3. The van der Waals surface area contributed by atoms with Crippen LogP contribution in [0.25, 0.3) is 0 Å². The van der Waals surface area contributed by atoms with Crippen LogP contribution in [0.5, 0.6) is 0 Å². The maximum Gasteiger partial charge on any atom is 0.243 e. The minimum Gasteiger partial charge on any atom is -0.353 e. The quantitative estimate of drug-likeness (QED) is 0.871. The van der Waals surface area contributed by atoms with Crippen molar-refractivity contribution in [3.05, 3.63) is 29.3 Å². The van der Waals surface area contributed by atoms with E-state index in [4.69, 9.17) is 11.6 Å². The highest BCUT2D eigenvalue weighted by Gasteiger charge is 2.23. The van der Waals surface area contributed by atoms with Crippen LogP contribution in [-0.2, 0) is 14.8 Å². The average Bonchev–Trinajstić information content (AvgIpc) is 2.38. The second-order valence-electron chi connectivity index (χ2n) is 4.60. The Hall–Kier alpha value is -1.11. The molecule has 1 N–H and O–H groups in total. The Kier molecular flexibility index (Phi) is 5.98. The van der Waals surface area contributed by atoms with Gasteiger partial charge in [0.15, 0.2) is 0 Å². The third-order valence-electron chi connectivity index (χ3n) is 2.89. The highest BCUT2D eigenvalue weighted by Crippen LogP contribution is 2.18. The first-order valence-corrected chi connectivity index (χ1v) is 8.10. The Morgan fingerprint density at radius 1 is 1.45 bits per heavy atom. The molecule has 0 fully saturated rings. The summed E-state index contributed by atoms with van der Waals surface area (Å²) in [5.41, 5.74) is 0.